The van der Waals surface area contributed by atoms with Gasteiger partial charge in [-0.3, -0.25) is 0 Å². The molecule has 0 bridgehead atoms. The zero-order valence-corrected chi connectivity index (χ0v) is 11.9. The second kappa shape index (κ2) is 6.19. The molecule has 0 N–H and O–H groups in total. The maximum Gasteiger partial charge on any atom is 0.573 e. The summed E-state index contributed by atoms with van der Waals surface area (Å²) in [6, 6.07) is 0. The molecule has 0 aliphatic carbocycles. The molecule has 0 radical (unpaired) electrons. The van der Waals surface area contributed by atoms with Crippen LogP contribution in [0.15, 0.2) is 6.20 Å². The largest absolute Gasteiger partial charge is 0.573 e. The summed E-state index contributed by atoms with van der Waals surface area (Å²) in [5, 5.41) is 10.7. The highest BCUT2D eigenvalue weighted by molar-refractivity contribution is 14.1. The summed E-state index contributed by atoms with van der Waals surface area (Å²) in [7, 11) is 0. The van der Waals surface area contributed by atoms with Gasteiger partial charge in [0.2, 0.25) is 0 Å². The zero-order chi connectivity index (χ0) is 15.5. The van der Waals surface area contributed by atoms with E-state index in [-0.39, 0.29) is 6.61 Å². The molecule has 1 rings (SSSR count). The van der Waals surface area contributed by atoms with Crippen molar-refractivity contribution in [1.82, 2.24) is 4.98 Å². The minimum atomic E-state index is -5.07. The molecule has 110 valence electrons. The summed E-state index contributed by atoms with van der Waals surface area (Å²) in [5.41, 5.74) is -0.688. The highest BCUT2D eigenvalue weighted by Crippen LogP contribution is 2.33. The number of hydrogen-bond donors (Lipinski definition) is 0. The number of nitrogens with zero attached hydrogens (tertiary/aromatic N) is 2. The van der Waals surface area contributed by atoms with E-state index in [1.165, 1.54) is 29.5 Å². The third-order valence-electron chi connectivity index (χ3n) is 1.84. The van der Waals surface area contributed by atoms with Gasteiger partial charge in [-0.05, 0) is 39.4 Å². The summed E-state index contributed by atoms with van der Waals surface area (Å²) < 4.78 is 44.5. The van der Waals surface area contributed by atoms with Crippen LogP contribution in [0.1, 0.15) is 17.3 Å². The van der Waals surface area contributed by atoms with Crippen molar-refractivity contribution in [2.24, 2.45) is 0 Å². The third-order valence-corrected chi connectivity index (χ3v) is 2.87. The van der Waals surface area contributed by atoms with E-state index < -0.39 is 38.0 Å². The predicted molar refractivity (Wildman–Crippen MR) is 66.2 cm³/mol. The lowest BCUT2D eigenvalue weighted by Crippen LogP contribution is -2.21. The zero-order valence-electron chi connectivity index (χ0n) is 9.73. The van der Waals surface area contributed by atoms with E-state index in [0.717, 1.165) is 0 Å². The van der Waals surface area contributed by atoms with Crippen molar-refractivity contribution < 1.29 is 32.4 Å². The van der Waals surface area contributed by atoms with E-state index in [9.17, 15) is 28.1 Å². The van der Waals surface area contributed by atoms with E-state index in [4.69, 9.17) is 0 Å². The first-order valence-corrected chi connectivity index (χ1v) is 6.01. The molecule has 1 aromatic heterocycles. The molecule has 0 aromatic carbocycles. The quantitative estimate of drug-likeness (QED) is 0.331. The Kier molecular flexibility index (Phi) is 5.08. The van der Waals surface area contributed by atoms with Crippen LogP contribution < -0.4 is 4.74 Å². The van der Waals surface area contributed by atoms with E-state index >= 15 is 0 Å². The number of nitro groups is 1. The fourth-order valence-electron chi connectivity index (χ4n) is 1.18. The Balaban J connectivity index is 3.41. The van der Waals surface area contributed by atoms with E-state index in [1.807, 2.05) is 0 Å². The Morgan fingerprint density at radius 1 is 1.55 bits per heavy atom. The minimum absolute atomic E-state index is 0.115. The number of ether oxygens (including phenoxy) is 2. The molecule has 0 spiro atoms. The Morgan fingerprint density at radius 2 is 2.15 bits per heavy atom. The van der Waals surface area contributed by atoms with Gasteiger partial charge in [-0.1, -0.05) is 0 Å². The summed E-state index contributed by atoms with van der Waals surface area (Å²) in [6.07, 6.45) is -4.61. The van der Waals surface area contributed by atoms with Gasteiger partial charge in [0.15, 0.2) is 11.9 Å². The molecule has 20 heavy (non-hydrogen) atoms. The fourth-order valence-corrected chi connectivity index (χ4v) is 2.01. The lowest BCUT2D eigenvalue weighted by molar-refractivity contribution is -0.390. The Morgan fingerprint density at radius 3 is 2.60 bits per heavy atom. The lowest BCUT2D eigenvalue weighted by Gasteiger charge is -2.12. The van der Waals surface area contributed by atoms with Gasteiger partial charge < -0.3 is 19.6 Å². The van der Waals surface area contributed by atoms with Crippen LogP contribution in [0.3, 0.4) is 0 Å². The normalized spacial score (nSPS) is 11.1. The second-order valence-corrected chi connectivity index (χ2v) is 4.24. The molecule has 1 heterocycles. The van der Waals surface area contributed by atoms with E-state index in [0.29, 0.717) is 6.20 Å². The highest BCUT2D eigenvalue weighted by atomic mass is 127. The summed E-state index contributed by atoms with van der Waals surface area (Å²) in [6.45, 7) is 1.32. The molecular weight excluding hydrogens is 400 g/mol. The summed E-state index contributed by atoms with van der Waals surface area (Å²) >= 11 is 1.34. The number of hydrogen-bond acceptors (Lipinski definition) is 6. The minimum Gasteiger partial charge on any atom is -0.462 e. The van der Waals surface area contributed by atoms with E-state index in [2.05, 4.69) is 14.5 Å². The predicted octanol–water partition coefficient (Wildman–Crippen LogP) is 2.67. The van der Waals surface area contributed by atoms with Crippen molar-refractivity contribution in [1.29, 1.82) is 0 Å². The molecule has 0 atom stereocenters. The number of aromatic nitrogens is 1. The van der Waals surface area contributed by atoms with Crippen LogP contribution in [0.4, 0.5) is 19.0 Å². The average Bonchev–Trinajstić information content (AvgIpc) is 2.26. The first kappa shape index (κ1) is 16.4. The Bertz CT molecular complexity index is 549. The van der Waals surface area contributed by atoms with Gasteiger partial charge in [0, 0.05) is 0 Å². The maximum absolute atomic E-state index is 12.2. The standard InChI is InChI=1S/C9H6F3IN2O5/c1-2-19-8(16)5-4(20-9(10,11)12)3-14-7(6(5)13)15(17)18/h3H,2H2,1H3. The molecule has 0 amide bonds. The number of alkyl halides is 3. The van der Waals surface area contributed by atoms with Gasteiger partial charge in [-0.15, -0.1) is 13.2 Å². The fraction of sp³-hybridized carbons (Fsp3) is 0.333. The highest BCUT2D eigenvalue weighted by Gasteiger charge is 2.36. The van der Waals surface area contributed by atoms with Crippen LogP contribution in [0, 0.1) is 13.7 Å². The first-order chi connectivity index (χ1) is 9.17. The smallest absolute Gasteiger partial charge is 0.462 e. The van der Waals surface area contributed by atoms with Crippen LogP contribution in [0.5, 0.6) is 5.75 Å². The van der Waals surface area contributed by atoms with Crippen LogP contribution in [-0.2, 0) is 4.74 Å². The Labute approximate surface area is 123 Å². The van der Waals surface area contributed by atoms with Gasteiger partial charge in [-0.2, -0.15) is 0 Å². The Hall–Kier alpha value is -1.66. The molecule has 0 fully saturated rings. The monoisotopic (exact) mass is 406 g/mol. The van der Waals surface area contributed by atoms with Gasteiger partial charge in [0.25, 0.3) is 0 Å². The number of esters is 1. The summed E-state index contributed by atoms with van der Waals surface area (Å²) in [5.74, 6) is -2.88. The molecule has 7 nitrogen and oxygen atoms in total. The SMILES string of the molecule is CCOC(=O)c1c(OC(F)(F)F)cnc([N+](=O)[O-])c1I. The van der Waals surface area contributed by atoms with Crippen LogP contribution in [-0.4, -0.2) is 28.8 Å². The summed E-state index contributed by atoms with van der Waals surface area (Å²) in [4.78, 5) is 24.6. The molecule has 0 unspecified atom stereocenters. The van der Waals surface area contributed by atoms with Gasteiger partial charge in [-0.25, -0.2) is 4.79 Å². The van der Waals surface area contributed by atoms with Gasteiger partial charge in [0.05, 0.1) is 6.61 Å². The van der Waals surface area contributed by atoms with E-state index in [1.54, 1.807) is 0 Å². The van der Waals surface area contributed by atoms with Crippen molar-refractivity contribution in [3.8, 4) is 5.75 Å². The van der Waals surface area contributed by atoms with Crippen molar-refractivity contribution in [2.45, 2.75) is 13.3 Å². The number of carbonyl (C=O) groups is 1. The molecule has 0 saturated carbocycles. The van der Waals surface area contributed by atoms with Crippen molar-refractivity contribution in [3.63, 3.8) is 0 Å². The van der Waals surface area contributed by atoms with Crippen LogP contribution in [0.2, 0.25) is 0 Å². The molecule has 1 aromatic rings. The topological polar surface area (TPSA) is 91.6 Å². The van der Waals surface area contributed by atoms with Crippen LogP contribution >= 0.6 is 22.6 Å². The third kappa shape index (κ3) is 3.91. The number of carbonyl (C=O) groups excluding carboxylic acids is 1. The number of rotatable bonds is 4. The van der Waals surface area contributed by atoms with Crippen molar-refractivity contribution in [2.75, 3.05) is 6.61 Å². The maximum atomic E-state index is 12.2. The number of pyridine rings is 1. The molecule has 11 heteroatoms. The second-order valence-electron chi connectivity index (χ2n) is 3.16. The molecule has 0 aliphatic heterocycles. The average molecular weight is 406 g/mol. The lowest BCUT2D eigenvalue weighted by atomic mass is 10.2. The van der Waals surface area contributed by atoms with Crippen molar-refractivity contribution >= 4 is 34.4 Å². The van der Waals surface area contributed by atoms with Crippen molar-refractivity contribution in [3.05, 3.63) is 25.4 Å². The molecule has 0 aliphatic rings. The van der Waals surface area contributed by atoms with Crippen LogP contribution in [0.25, 0.3) is 0 Å². The molecule has 0 saturated heterocycles. The molecular formula is C9H6F3IN2O5. The first-order valence-electron chi connectivity index (χ1n) is 4.93. The number of halogens is 4. The van der Waals surface area contributed by atoms with Gasteiger partial charge >= 0.3 is 18.1 Å². The van der Waals surface area contributed by atoms with Gasteiger partial charge in [0.1, 0.15) is 9.13 Å².